The number of nitrogens with zero attached hydrogens (tertiary/aromatic N) is 2. The van der Waals surface area contributed by atoms with E-state index in [0.29, 0.717) is 12.0 Å². The van der Waals surface area contributed by atoms with E-state index < -0.39 is 5.82 Å². The lowest BCUT2D eigenvalue weighted by Gasteiger charge is -2.25. The first kappa shape index (κ1) is 26.0. The Morgan fingerprint density at radius 1 is 1.24 bits per heavy atom. The van der Waals surface area contributed by atoms with E-state index in [-0.39, 0.29) is 16.4 Å². The monoisotopic (exact) mass is 482 g/mol. The van der Waals surface area contributed by atoms with Crippen molar-refractivity contribution in [3.05, 3.63) is 83.7 Å². The van der Waals surface area contributed by atoms with Gasteiger partial charge < -0.3 is 10.6 Å². The third-order valence-electron chi connectivity index (χ3n) is 5.95. The molecule has 1 unspecified atom stereocenters. The van der Waals surface area contributed by atoms with Crippen molar-refractivity contribution in [2.24, 2.45) is 5.41 Å². The molecule has 3 rings (SSSR count). The van der Waals surface area contributed by atoms with Gasteiger partial charge in [0.25, 0.3) is 0 Å². The minimum Gasteiger partial charge on any atom is -0.368 e. The van der Waals surface area contributed by atoms with Crippen molar-refractivity contribution in [2.45, 2.75) is 71.3 Å². The van der Waals surface area contributed by atoms with Crippen molar-refractivity contribution in [1.29, 1.82) is 0 Å². The molecule has 1 aromatic carbocycles. The summed E-state index contributed by atoms with van der Waals surface area (Å²) >= 11 is 5.96. The first-order chi connectivity index (χ1) is 16.2. The summed E-state index contributed by atoms with van der Waals surface area (Å²) in [4.78, 5) is 9.29. The second kappa shape index (κ2) is 12.2. The summed E-state index contributed by atoms with van der Waals surface area (Å²) in [5.41, 5.74) is 2.65. The highest BCUT2D eigenvalue weighted by molar-refractivity contribution is 6.30. The first-order valence-electron chi connectivity index (χ1n) is 12.1. The number of aromatic nitrogens is 2. The third kappa shape index (κ3) is 7.98. The van der Waals surface area contributed by atoms with Gasteiger partial charge in [0.05, 0.1) is 10.7 Å². The molecule has 1 aromatic heterocycles. The van der Waals surface area contributed by atoms with E-state index >= 15 is 0 Å². The summed E-state index contributed by atoms with van der Waals surface area (Å²) in [6, 6.07) is 7.39. The van der Waals surface area contributed by atoms with Crippen molar-refractivity contribution >= 4 is 23.1 Å². The van der Waals surface area contributed by atoms with Crippen LogP contribution in [0.3, 0.4) is 0 Å². The summed E-state index contributed by atoms with van der Waals surface area (Å²) in [6.45, 7) is 10.3. The third-order valence-corrected chi connectivity index (χ3v) is 6.26. The number of rotatable bonds is 9. The Hall–Kier alpha value is -2.66. The molecule has 0 spiro atoms. The fraction of sp³-hybridized carbons (Fsp3) is 0.429. The molecular formula is C28H36ClFN4. The minimum absolute atomic E-state index is 0.0279. The Balaban J connectivity index is 1.99. The molecule has 2 N–H and O–H groups in total. The van der Waals surface area contributed by atoms with Gasteiger partial charge in [-0.05, 0) is 66.3 Å². The maximum Gasteiger partial charge on any atom is 0.223 e. The predicted octanol–water partition coefficient (Wildman–Crippen LogP) is 7.86. The number of benzene rings is 1. The van der Waals surface area contributed by atoms with Crippen LogP contribution < -0.4 is 10.6 Å². The summed E-state index contributed by atoms with van der Waals surface area (Å²) in [7, 11) is 0. The van der Waals surface area contributed by atoms with Gasteiger partial charge in [-0.1, -0.05) is 70.4 Å². The molecular weight excluding hydrogens is 447 g/mol. The topological polar surface area (TPSA) is 49.8 Å². The summed E-state index contributed by atoms with van der Waals surface area (Å²) in [6.07, 6.45) is 16.3. The average molecular weight is 483 g/mol. The Labute approximate surface area is 208 Å². The lowest BCUT2D eigenvalue weighted by molar-refractivity contribution is 0.360. The van der Waals surface area contributed by atoms with Gasteiger partial charge >= 0.3 is 0 Å². The predicted molar refractivity (Wildman–Crippen MR) is 141 cm³/mol. The van der Waals surface area contributed by atoms with E-state index in [1.54, 1.807) is 18.5 Å². The molecule has 4 nitrogen and oxygen atoms in total. The van der Waals surface area contributed by atoms with Crippen LogP contribution in [0, 0.1) is 11.2 Å². The van der Waals surface area contributed by atoms with Crippen LogP contribution in [-0.2, 0) is 0 Å². The highest BCUT2D eigenvalue weighted by Crippen LogP contribution is 2.35. The van der Waals surface area contributed by atoms with Crippen LogP contribution in [0.5, 0.6) is 0 Å². The fourth-order valence-corrected chi connectivity index (χ4v) is 4.46. The van der Waals surface area contributed by atoms with Crippen LogP contribution in [0.25, 0.3) is 5.57 Å². The van der Waals surface area contributed by atoms with Crippen LogP contribution in [0.15, 0.2) is 61.6 Å². The van der Waals surface area contributed by atoms with Crippen LogP contribution in [0.2, 0.25) is 5.02 Å². The molecule has 0 amide bonds. The van der Waals surface area contributed by atoms with Crippen molar-refractivity contribution < 1.29 is 4.39 Å². The first-order valence-corrected chi connectivity index (χ1v) is 12.4. The molecule has 34 heavy (non-hydrogen) atoms. The summed E-state index contributed by atoms with van der Waals surface area (Å²) < 4.78 is 14.3. The van der Waals surface area contributed by atoms with E-state index in [4.69, 9.17) is 16.6 Å². The van der Waals surface area contributed by atoms with E-state index in [9.17, 15) is 4.39 Å². The molecule has 0 radical (unpaired) electrons. The maximum atomic E-state index is 14.3. The molecule has 0 bridgehead atoms. The molecule has 182 valence electrons. The number of halogens is 2. The minimum atomic E-state index is -0.405. The van der Waals surface area contributed by atoms with Gasteiger partial charge in [-0.3, -0.25) is 0 Å². The summed E-state index contributed by atoms with van der Waals surface area (Å²) in [5, 5.41) is 6.65. The largest absolute Gasteiger partial charge is 0.368 e. The van der Waals surface area contributed by atoms with E-state index in [1.807, 2.05) is 24.4 Å². The van der Waals surface area contributed by atoms with Crippen molar-refractivity contribution in [1.82, 2.24) is 15.3 Å². The zero-order chi connectivity index (χ0) is 24.6. The van der Waals surface area contributed by atoms with E-state index in [0.717, 1.165) is 36.1 Å². The lowest BCUT2D eigenvalue weighted by Crippen LogP contribution is -2.23. The van der Waals surface area contributed by atoms with Gasteiger partial charge in [0.15, 0.2) is 0 Å². The molecule has 6 heteroatoms. The SMILES string of the molecule is C=CN/C=C\C(=C/C(CC(C)(C)C)c1ccc(Cl)c(F)c1)c1ccnc(NC2CCCCC2)n1. The van der Waals surface area contributed by atoms with Gasteiger partial charge in [-0.25, -0.2) is 14.4 Å². The molecule has 0 aliphatic heterocycles. The number of anilines is 1. The smallest absolute Gasteiger partial charge is 0.223 e. The van der Waals surface area contributed by atoms with Gasteiger partial charge in [-0.15, -0.1) is 0 Å². The Morgan fingerprint density at radius 2 is 2.00 bits per heavy atom. The zero-order valence-electron chi connectivity index (χ0n) is 20.5. The molecule has 0 saturated heterocycles. The number of allylic oxidation sites excluding steroid dienone is 3. The molecule has 2 aromatic rings. The average Bonchev–Trinajstić information content (AvgIpc) is 2.80. The lowest BCUT2D eigenvalue weighted by atomic mass is 9.80. The number of hydrogen-bond donors (Lipinski definition) is 2. The zero-order valence-corrected chi connectivity index (χ0v) is 21.2. The van der Waals surface area contributed by atoms with Gasteiger partial charge in [0, 0.05) is 24.4 Å². The van der Waals surface area contributed by atoms with Crippen LogP contribution in [0.4, 0.5) is 10.3 Å². The standard InChI is InChI=1S/C28H36ClFN4/c1-5-31-15-13-21(26-14-16-32-27(34-26)33-23-9-7-6-8-10-23)17-22(19-28(2,3)4)20-11-12-24(29)25(30)18-20/h5,11-18,22-23,31H,1,6-10,19H2,2-4H3,(H,32,33,34)/b15-13-,21-17+. The van der Waals surface area contributed by atoms with Gasteiger partial charge in [0.2, 0.25) is 5.95 Å². The van der Waals surface area contributed by atoms with Gasteiger partial charge in [0.1, 0.15) is 5.82 Å². The molecule has 1 atom stereocenters. The molecule has 1 saturated carbocycles. The molecule has 1 aliphatic carbocycles. The Bertz CT molecular complexity index is 1020. The number of nitrogens with one attached hydrogen (secondary N) is 2. The molecule has 1 aliphatic rings. The van der Waals surface area contributed by atoms with Gasteiger partial charge in [-0.2, -0.15) is 0 Å². The fourth-order valence-electron chi connectivity index (χ4n) is 4.34. The molecule has 1 fully saturated rings. The quantitative estimate of drug-likeness (QED) is 0.357. The summed E-state index contributed by atoms with van der Waals surface area (Å²) in [5.74, 6) is 0.211. The van der Waals surface area contributed by atoms with Crippen LogP contribution >= 0.6 is 11.6 Å². The van der Waals surface area contributed by atoms with E-state index in [2.05, 4.69) is 49.0 Å². The van der Waals surface area contributed by atoms with Crippen molar-refractivity contribution in [2.75, 3.05) is 5.32 Å². The Kier molecular flexibility index (Phi) is 9.28. The van der Waals surface area contributed by atoms with Crippen LogP contribution in [0.1, 0.15) is 76.5 Å². The number of hydrogen-bond acceptors (Lipinski definition) is 4. The Morgan fingerprint density at radius 3 is 2.68 bits per heavy atom. The van der Waals surface area contributed by atoms with Crippen molar-refractivity contribution in [3.8, 4) is 0 Å². The molecule has 1 heterocycles. The second-order valence-corrected chi connectivity index (χ2v) is 10.5. The van der Waals surface area contributed by atoms with Crippen LogP contribution in [-0.4, -0.2) is 16.0 Å². The highest BCUT2D eigenvalue weighted by Gasteiger charge is 2.21. The maximum absolute atomic E-state index is 14.3. The second-order valence-electron chi connectivity index (χ2n) is 10.1. The normalized spacial score (nSPS) is 16.4. The van der Waals surface area contributed by atoms with E-state index in [1.165, 1.54) is 25.3 Å². The highest BCUT2D eigenvalue weighted by atomic mass is 35.5. The van der Waals surface area contributed by atoms with Crippen molar-refractivity contribution in [3.63, 3.8) is 0 Å².